The number of rotatable bonds is 4. The van der Waals surface area contributed by atoms with Crippen molar-refractivity contribution in [2.45, 2.75) is 13.0 Å². The molecule has 4 nitrogen and oxygen atoms in total. The molecule has 0 aliphatic carbocycles. The Bertz CT molecular complexity index is 918. The van der Waals surface area contributed by atoms with Crippen LogP contribution in [0.4, 0.5) is 0 Å². The van der Waals surface area contributed by atoms with E-state index < -0.39 is 0 Å². The van der Waals surface area contributed by atoms with Crippen molar-refractivity contribution < 1.29 is 4.79 Å². The van der Waals surface area contributed by atoms with Crippen molar-refractivity contribution in [1.82, 2.24) is 14.8 Å². The van der Waals surface area contributed by atoms with Gasteiger partial charge in [0.2, 0.25) is 5.91 Å². The third kappa shape index (κ3) is 4.06. The number of carbonyl (C=O) groups is 1. The second-order valence-corrected chi connectivity index (χ2v) is 8.38. The van der Waals surface area contributed by atoms with Gasteiger partial charge in [-0.3, -0.25) is 14.7 Å². The molecule has 4 rings (SSSR count). The Hall–Kier alpha value is -1.95. The Kier molecular flexibility index (Phi) is 5.20. The molecule has 0 atom stereocenters. The van der Waals surface area contributed by atoms with Gasteiger partial charge in [-0.25, -0.2) is 0 Å². The number of hydrogen-bond donors (Lipinski definition) is 0. The van der Waals surface area contributed by atoms with Crippen LogP contribution in [0, 0.1) is 0 Å². The molecule has 1 fully saturated rings. The summed E-state index contributed by atoms with van der Waals surface area (Å²) in [7, 11) is 0. The number of benzene rings is 1. The van der Waals surface area contributed by atoms with E-state index in [-0.39, 0.29) is 5.91 Å². The Balaban J connectivity index is 1.32. The number of thiophene rings is 1. The normalized spacial score (nSPS) is 15.5. The lowest BCUT2D eigenvalue weighted by Crippen LogP contribution is -2.48. The number of pyridine rings is 1. The van der Waals surface area contributed by atoms with Crippen LogP contribution in [-0.4, -0.2) is 46.9 Å². The number of para-hydroxylation sites is 1. The van der Waals surface area contributed by atoms with Gasteiger partial charge in [0.25, 0.3) is 0 Å². The quantitative estimate of drug-likeness (QED) is 0.684. The molecule has 3 aromatic rings. The van der Waals surface area contributed by atoms with E-state index in [4.69, 9.17) is 11.6 Å². The zero-order valence-electron chi connectivity index (χ0n) is 14.4. The molecule has 1 saturated heterocycles. The Labute approximate surface area is 162 Å². The van der Waals surface area contributed by atoms with E-state index in [1.807, 2.05) is 41.4 Å². The summed E-state index contributed by atoms with van der Waals surface area (Å²) in [6.45, 7) is 4.26. The lowest BCUT2D eigenvalue weighted by Gasteiger charge is -2.34. The van der Waals surface area contributed by atoms with Gasteiger partial charge in [0, 0.05) is 49.2 Å². The molecule has 0 bridgehead atoms. The minimum absolute atomic E-state index is 0.181. The molecule has 2 aromatic heterocycles. The van der Waals surface area contributed by atoms with E-state index in [1.54, 1.807) is 11.3 Å². The van der Waals surface area contributed by atoms with Crippen molar-refractivity contribution in [2.24, 2.45) is 0 Å². The van der Waals surface area contributed by atoms with Gasteiger partial charge in [-0.2, -0.15) is 0 Å². The predicted octanol–water partition coefficient (Wildman–Crippen LogP) is 3.84. The fourth-order valence-corrected chi connectivity index (χ4v) is 4.44. The molecule has 0 spiro atoms. The third-order valence-electron chi connectivity index (χ3n) is 4.74. The summed E-state index contributed by atoms with van der Waals surface area (Å²) in [6.07, 6.45) is 2.23. The highest BCUT2D eigenvalue weighted by atomic mass is 35.5. The number of carbonyl (C=O) groups excluding carboxylic acids is 1. The molecule has 1 aliphatic rings. The molecule has 1 amide bonds. The first-order valence-electron chi connectivity index (χ1n) is 8.75. The van der Waals surface area contributed by atoms with Gasteiger partial charge in [0.15, 0.2) is 0 Å². The van der Waals surface area contributed by atoms with Crippen LogP contribution in [0.25, 0.3) is 10.9 Å². The van der Waals surface area contributed by atoms with Crippen LogP contribution < -0.4 is 0 Å². The van der Waals surface area contributed by atoms with Crippen molar-refractivity contribution in [3.8, 4) is 0 Å². The fourth-order valence-electron chi connectivity index (χ4n) is 3.31. The number of aromatic nitrogens is 1. The van der Waals surface area contributed by atoms with Crippen LogP contribution in [-0.2, 0) is 17.8 Å². The maximum Gasteiger partial charge on any atom is 0.227 e. The van der Waals surface area contributed by atoms with Crippen LogP contribution in [0.5, 0.6) is 0 Å². The minimum atomic E-state index is 0.181. The molecule has 6 heteroatoms. The molecular formula is C20H20ClN3OS. The maximum atomic E-state index is 12.6. The number of nitrogens with zero attached hydrogens (tertiary/aromatic N) is 3. The summed E-state index contributed by atoms with van der Waals surface area (Å²) in [5, 5.41) is 1.08. The molecular weight excluding hydrogens is 366 g/mol. The van der Waals surface area contributed by atoms with E-state index in [9.17, 15) is 4.79 Å². The van der Waals surface area contributed by atoms with Crippen LogP contribution in [0.1, 0.15) is 10.4 Å². The predicted molar refractivity (Wildman–Crippen MR) is 107 cm³/mol. The third-order valence-corrected chi connectivity index (χ3v) is 5.95. The highest BCUT2D eigenvalue weighted by molar-refractivity contribution is 7.16. The van der Waals surface area contributed by atoms with Crippen LogP contribution in [0.2, 0.25) is 4.34 Å². The maximum absolute atomic E-state index is 12.6. The zero-order valence-corrected chi connectivity index (χ0v) is 16.0. The topological polar surface area (TPSA) is 36.4 Å². The summed E-state index contributed by atoms with van der Waals surface area (Å²) in [6, 6.07) is 14.1. The van der Waals surface area contributed by atoms with Crippen molar-refractivity contribution in [3.63, 3.8) is 0 Å². The number of hydrogen-bond acceptors (Lipinski definition) is 4. The first kappa shape index (κ1) is 17.5. The monoisotopic (exact) mass is 385 g/mol. The number of halogens is 1. The van der Waals surface area contributed by atoms with E-state index in [2.05, 4.69) is 22.0 Å². The summed E-state index contributed by atoms with van der Waals surface area (Å²) < 4.78 is 0.831. The number of fused-ring (bicyclic) bond motifs is 1. The van der Waals surface area contributed by atoms with Crippen LogP contribution >= 0.6 is 22.9 Å². The highest BCUT2D eigenvalue weighted by Crippen LogP contribution is 2.23. The summed E-state index contributed by atoms with van der Waals surface area (Å²) in [4.78, 5) is 22.7. The Morgan fingerprint density at radius 2 is 1.92 bits per heavy atom. The average Bonchev–Trinajstić information content (AvgIpc) is 3.07. The van der Waals surface area contributed by atoms with Crippen molar-refractivity contribution in [2.75, 3.05) is 26.2 Å². The first-order valence-corrected chi connectivity index (χ1v) is 9.95. The van der Waals surface area contributed by atoms with Crippen molar-refractivity contribution in [1.29, 1.82) is 0 Å². The summed E-state index contributed by atoms with van der Waals surface area (Å²) in [5.74, 6) is 0.181. The second kappa shape index (κ2) is 7.74. The van der Waals surface area contributed by atoms with Gasteiger partial charge in [-0.15, -0.1) is 11.3 Å². The molecule has 0 radical (unpaired) electrons. The lowest BCUT2D eigenvalue weighted by molar-refractivity contribution is -0.132. The summed E-state index contributed by atoms with van der Waals surface area (Å²) >= 11 is 7.63. The molecule has 3 heterocycles. The first-order chi connectivity index (χ1) is 12.7. The van der Waals surface area contributed by atoms with Crippen LogP contribution in [0.3, 0.4) is 0 Å². The van der Waals surface area contributed by atoms with Gasteiger partial charge >= 0.3 is 0 Å². The molecule has 0 unspecified atom stereocenters. The molecule has 0 N–H and O–H groups in total. The van der Waals surface area contributed by atoms with Gasteiger partial charge in [-0.1, -0.05) is 29.8 Å². The van der Waals surface area contributed by atoms with Gasteiger partial charge in [-0.05, 0) is 29.8 Å². The standard InChI is InChI=1S/C20H20ClN3OS/c21-19-6-5-17(26-19)14-23-7-9-24(10-8-23)20(25)12-15-11-16-3-1-2-4-18(16)22-13-15/h1-6,11,13H,7-10,12,14H2. The highest BCUT2D eigenvalue weighted by Gasteiger charge is 2.21. The molecule has 0 saturated carbocycles. The van der Waals surface area contributed by atoms with Gasteiger partial charge in [0.05, 0.1) is 16.3 Å². The van der Waals surface area contributed by atoms with E-state index in [1.165, 1.54) is 4.88 Å². The van der Waals surface area contributed by atoms with Gasteiger partial charge < -0.3 is 4.90 Å². The lowest BCUT2D eigenvalue weighted by atomic mass is 10.1. The smallest absolute Gasteiger partial charge is 0.227 e. The molecule has 1 aliphatic heterocycles. The molecule has 1 aromatic carbocycles. The Morgan fingerprint density at radius 1 is 1.12 bits per heavy atom. The van der Waals surface area contributed by atoms with Crippen molar-refractivity contribution >= 4 is 39.7 Å². The SMILES string of the molecule is O=C(Cc1cnc2ccccc2c1)N1CCN(Cc2ccc(Cl)s2)CC1. The number of piperazine rings is 1. The minimum Gasteiger partial charge on any atom is -0.340 e. The van der Waals surface area contributed by atoms with E-state index in [0.29, 0.717) is 6.42 Å². The van der Waals surface area contributed by atoms with Crippen LogP contribution in [0.15, 0.2) is 48.7 Å². The summed E-state index contributed by atoms with van der Waals surface area (Å²) in [5.41, 5.74) is 1.94. The molecule has 134 valence electrons. The fraction of sp³-hybridized carbons (Fsp3) is 0.300. The largest absolute Gasteiger partial charge is 0.340 e. The average molecular weight is 386 g/mol. The molecule has 26 heavy (non-hydrogen) atoms. The van der Waals surface area contributed by atoms with Gasteiger partial charge in [0.1, 0.15) is 0 Å². The van der Waals surface area contributed by atoms with Crippen molar-refractivity contribution in [3.05, 3.63) is 63.4 Å². The van der Waals surface area contributed by atoms with E-state index >= 15 is 0 Å². The van der Waals surface area contributed by atoms with E-state index in [0.717, 1.165) is 53.5 Å². The zero-order chi connectivity index (χ0) is 17.9. The Morgan fingerprint density at radius 3 is 2.69 bits per heavy atom. The second-order valence-electron chi connectivity index (χ2n) is 6.58. The number of amides is 1.